The summed E-state index contributed by atoms with van der Waals surface area (Å²) in [6, 6.07) is 6.36. The van der Waals surface area contributed by atoms with E-state index in [0.29, 0.717) is 16.7 Å². The van der Waals surface area contributed by atoms with E-state index in [0.717, 1.165) is 30.6 Å². The highest BCUT2D eigenvalue weighted by atomic mass is 79.9. The summed E-state index contributed by atoms with van der Waals surface area (Å²) in [5.41, 5.74) is 1.30. The monoisotopic (exact) mass is 324 g/mol. The van der Waals surface area contributed by atoms with E-state index in [1.54, 1.807) is 0 Å². The van der Waals surface area contributed by atoms with E-state index in [2.05, 4.69) is 48.0 Å². The van der Waals surface area contributed by atoms with E-state index in [1.807, 2.05) is 0 Å². The van der Waals surface area contributed by atoms with Crippen molar-refractivity contribution in [3.63, 3.8) is 0 Å². The summed E-state index contributed by atoms with van der Waals surface area (Å²) in [6.07, 6.45) is 2.76. The van der Waals surface area contributed by atoms with Crippen molar-refractivity contribution in [2.45, 2.75) is 31.5 Å². The largest absolute Gasteiger partial charge is 0.489 e. The van der Waals surface area contributed by atoms with E-state index in [-0.39, 0.29) is 0 Å². The van der Waals surface area contributed by atoms with Crippen molar-refractivity contribution in [3.8, 4) is 11.5 Å². The SMILES string of the molecule is CC1COc2ccc(C(Br)C(C)C3CC3)cc2OC1. The maximum atomic E-state index is 5.86. The van der Waals surface area contributed by atoms with Crippen LogP contribution in [0.3, 0.4) is 0 Å². The molecule has 0 spiro atoms. The van der Waals surface area contributed by atoms with E-state index < -0.39 is 0 Å². The van der Waals surface area contributed by atoms with Crippen LogP contribution in [0.1, 0.15) is 37.1 Å². The Balaban J connectivity index is 1.80. The molecule has 3 atom stereocenters. The van der Waals surface area contributed by atoms with Crippen LogP contribution in [-0.2, 0) is 0 Å². The van der Waals surface area contributed by atoms with Crippen molar-refractivity contribution >= 4 is 15.9 Å². The molecular weight excluding hydrogens is 304 g/mol. The molecule has 0 bridgehead atoms. The quantitative estimate of drug-likeness (QED) is 0.758. The first kappa shape index (κ1) is 13.3. The van der Waals surface area contributed by atoms with Crippen LogP contribution in [0.15, 0.2) is 18.2 Å². The Morgan fingerprint density at radius 3 is 2.53 bits per heavy atom. The van der Waals surface area contributed by atoms with Crippen molar-refractivity contribution in [2.75, 3.05) is 13.2 Å². The van der Waals surface area contributed by atoms with Crippen molar-refractivity contribution in [3.05, 3.63) is 23.8 Å². The molecule has 0 aromatic heterocycles. The Kier molecular flexibility index (Phi) is 3.75. The van der Waals surface area contributed by atoms with Gasteiger partial charge in [-0.1, -0.05) is 35.8 Å². The fourth-order valence-corrected chi connectivity index (χ4v) is 3.32. The second-order valence-electron chi connectivity index (χ2n) is 6.03. The zero-order valence-electron chi connectivity index (χ0n) is 11.6. The summed E-state index contributed by atoms with van der Waals surface area (Å²) in [7, 11) is 0. The summed E-state index contributed by atoms with van der Waals surface area (Å²) in [5.74, 6) is 3.80. The number of alkyl halides is 1. The van der Waals surface area contributed by atoms with Crippen LogP contribution in [-0.4, -0.2) is 13.2 Å². The lowest BCUT2D eigenvalue weighted by Crippen LogP contribution is -2.12. The normalized spacial score (nSPS) is 25.5. The van der Waals surface area contributed by atoms with Crippen LogP contribution in [0.2, 0.25) is 0 Å². The summed E-state index contributed by atoms with van der Waals surface area (Å²) in [4.78, 5) is 0.412. The number of hydrogen-bond donors (Lipinski definition) is 0. The Labute approximate surface area is 123 Å². The minimum absolute atomic E-state index is 0.412. The van der Waals surface area contributed by atoms with Gasteiger partial charge in [0.2, 0.25) is 0 Å². The first-order valence-corrected chi connectivity index (χ1v) is 8.10. The first-order valence-electron chi connectivity index (χ1n) is 7.18. The molecule has 19 heavy (non-hydrogen) atoms. The number of halogens is 1. The number of benzene rings is 1. The molecule has 2 nitrogen and oxygen atoms in total. The van der Waals surface area contributed by atoms with Gasteiger partial charge in [0.1, 0.15) is 0 Å². The van der Waals surface area contributed by atoms with E-state index >= 15 is 0 Å². The van der Waals surface area contributed by atoms with Gasteiger partial charge in [0, 0.05) is 10.7 Å². The third-order valence-corrected chi connectivity index (χ3v) is 5.52. The van der Waals surface area contributed by atoms with Gasteiger partial charge in [-0.05, 0) is 42.4 Å². The van der Waals surface area contributed by atoms with Gasteiger partial charge < -0.3 is 9.47 Å². The van der Waals surface area contributed by atoms with Crippen LogP contribution >= 0.6 is 15.9 Å². The Morgan fingerprint density at radius 1 is 1.16 bits per heavy atom. The Bertz CT molecular complexity index is 456. The second kappa shape index (κ2) is 5.35. The number of fused-ring (bicyclic) bond motifs is 1. The second-order valence-corrected chi connectivity index (χ2v) is 7.02. The van der Waals surface area contributed by atoms with Gasteiger partial charge in [0.05, 0.1) is 13.2 Å². The number of ether oxygens (including phenoxy) is 2. The van der Waals surface area contributed by atoms with Crippen molar-refractivity contribution in [1.82, 2.24) is 0 Å². The molecule has 1 aliphatic heterocycles. The molecule has 0 amide bonds. The average molecular weight is 325 g/mol. The predicted molar refractivity (Wildman–Crippen MR) is 80.2 cm³/mol. The molecule has 2 aliphatic rings. The molecule has 1 fully saturated rings. The smallest absolute Gasteiger partial charge is 0.161 e. The van der Waals surface area contributed by atoms with Crippen molar-refractivity contribution in [1.29, 1.82) is 0 Å². The summed E-state index contributed by atoms with van der Waals surface area (Å²) < 4.78 is 11.6. The zero-order valence-corrected chi connectivity index (χ0v) is 13.2. The third kappa shape index (κ3) is 2.91. The fourth-order valence-electron chi connectivity index (χ4n) is 2.60. The van der Waals surface area contributed by atoms with Crippen LogP contribution in [0.4, 0.5) is 0 Å². The third-order valence-electron chi connectivity index (χ3n) is 4.16. The average Bonchev–Trinajstić information content (AvgIpc) is 3.25. The maximum Gasteiger partial charge on any atom is 0.161 e. The number of rotatable bonds is 3. The molecular formula is C16H21BrO2. The van der Waals surface area contributed by atoms with Gasteiger partial charge in [-0.25, -0.2) is 0 Å². The molecule has 3 rings (SSSR count). The molecule has 3 heteroatoms. The molecule has 1 saturated carbocycles. The number of hydrogen-bond acceptors (Lipinski definition) is 2. The van der Waals surface area contributed by atoms with Crippen LogP contribution < -0.4 is 9.47 Å². The first-order chi connectivity index (χ1) is 9.15. The van der Waals surface area contributed by atoms with Crippen molar-refractivity contribution < 1.29 is 9.47 Å². The van der Waals surface area contributed by atoms with Gasteiger partial charge >= 0.3 is 0 Å². The molecule has 0 saturated heterocycles. The van der Waals surface area contributed by atoms with Crippen LogP contribution in [0.5, 0.6) is 11.5 Å². The van der Waals surface area contributed by atoms with Gasteiger partial charge in [-0.3, -0.25) is 0 Å². The molecule has 0 radical (unpaired) electrons. The lowest BCUT2D eigenvalue weighted by atomic mass is 9.96. The van der Waals surface area contributed by atoms with Gasteiger partial charge in [0.25, 0.3) is 0 Å². The van der Waals surface area contributed by atoms with E-state index in [1.165, 1.54) is 18.4 Å². The van der Waals surface area contributed by atoms with Crippen LogP contribution in [0, 0.1) is 17.8 Å². The highest BCUT2D eigenvalue weighted by molar-refractivity contribution is 9.09. The van der Waals surface area contributed by atoms with E-state index in [4.69, 9.17) is 9.47 Å². The molecule has 3 unspecified atom stereocenters. The minimum atomic E-state index is 0.412. The highest BCUT2D eigenvalue weighted by Crippen LogP contribution is 2.47. The molecule has 1 aromatic rings. The molecule has 104 valence electrons. The topological polar surface area (TPSA) is 18.5 Å². The van der Waals surface area contributed by atoms with Gasteiger partial charge in [0.15, 0.2) is 11.5 Å². The molecule has 0 N–H and O–H groups in total. The standard InChI is InChI=1S/C16H21BrO2/c1-10-8-18-14-6-5-13(7-15(14)19-9-10)16(17)11(2)12-3-4-12/h5-7,10-12,16H,3-4,8-9H2,1-2H3. The minimum Gasteiger partial charge on any atom is -0.489 e. The maximum absolute atomic E-state index is 5.86. The molecule has 1 heterocycles. The highest BCUT2D eigenvalue weighted by Gasteiger charge is 2.33. The molecule has 1 aliphatic carbocycles. The lowest BCUT2D eigenvalue weighted by Gasteiger charge is -2.19. The predicted octanol–water partition coefficient (Wildman–Crippen LogP) is 4.58. The summed E-state index contributed by atoms with van der Waals surface area (Å²) in [5, 5.41) is 0. The van der Waals surface area contributed by atoms with E-state index in [9.17, 15) is 0 Å². The lowest BCUT2D eigenvalue weighted by molar-refractivity contribution is 0.228. The fraction of sp³-hybridized carbons (Fsp3) is 0.625. The Hall–Kier alpha value is -0.700. The summed E-state index contributed by atoms with van der Waals surface area (Å²) >= 11 is 3.85. The van der Waals surface area contributed by atoms with Gasteiger partial charge in [-0.15, -0.1) is 0 Å². The zero-order chi connectivity index (χ0) is 13.4. The van der Waals surface area contributed by atoms with Crippen molar-refractivity contribution in [2.24, 2.45) is 17.8 Å². The molecule has 1 aromatic carbocycles. The Morgan fingerprint density at radius 2 is 1.84 bits per heavy atom. The van der Waals surface area contributed by atoms with Crippen LogP contribution in [0.25, 0.3) is 0 Å². The summed E-state index contributed by atoms with van der Waals surface area (Å²) in [6.45, 7) is 5.96. The van der Waals surface area contributed by atoms with Gasteiger partial charge in [-0.2, -0.15) is 0 Å².